The van der Waals surface area contributed by atoms with Gasteiger partial charge in [0.2, 0.25) is 0 Å². The molecule has 0 radical (unpaired) electrons. The molecule has 124 valence electrons. The Bertz CT molecular complexity index is 921. The van der Waals surface area contributed by atoms with Gasteiger partial charge in [-0.05, 0) is 67.4 Å². The number of aromatic nitrogens is 1. The number of halogens is 1. The third-order valence-electron chi connectivity index (χ3n) is 4.33. The lowest BCUT2D eigenvalue weighted by Crippen LogP contribution is -2.28. The van der Waals surface area contributed by atoms with E-state index < -0.39 is 11.4 Å². The van der Waals surface area contributed by atoms with Crippen LogP contribution < -0.4 is 0 Å². The third kappa shape index (κ3) is 2.62. The predicted molar refractivity (Wildman–Crippen MR) is 93.5 cm³/mol. The number of rotatable bonds is 2. The molecule has 0 aliphatic carbocycles. The second-order valence-corrected chi connectivity index (χ2v) is 7.66. The number of ether oxygens (including phenoxy) is 2. The van der Waals surface area contributed by atoms with Gasteiger partial charge in [0.25, 0.3) is 0 Å². The van der Waals surface area contributed by atoms with Crippen molar-refractivity contribution < 1.29 is 13.9 Å². The second-order valence-electron chi connectivity index (χ2n) is 6.74. The zero-order chi connectivity index (χ0) is 16.9. The summed E-state index contributed by atoms with van der Waals surface area (Å²) in [6, 6.07) is 8.92. The molecule has 1 unspecified atom stereocenters. The van der Waals surface area contributed by atoms with Gasteiger partial charge < -0.3 is 9.47 Å². The average Bonchev–Trinajstić information content (AvgIpc) is 3.11. The lowest BCUT2D eigenvalue weighted by Gasteiger charge is -2.25. The summed E-state index contributed by atoms with van der Waals surface area (Å²) in [6.45, 7) is 6.29. The average molecular weight is 343 g/mol. The first kappa shape index (κ1) is 15.7. The van der Waals surface area contributed by atoms with Crippen LogP contribution in [-0.2, 0) is 15.1 Å². The Morgan fingerprint density at radius 3 is 2.75 bits per heavy atom. The normalized spacial score (nSPS) is 23.0. The van der Waals surface area contributed by atoms with Crippen molar-refractivity contribution in [3.05, 3.63) is 53.3 Å². The largest absolute Gasteiger partial charge is 0.347 e. The number of hydrogen-bond acceptors (Lipinski definition) is 4. The van der Waals surface area contributed by atoms with Gasteiger partial charge in [0.1, 0.15) is 11.4 Å². The van der Waals surface area contributed by atoms with Crippen molar-refractivity contribution in [3.8, 4) is 11.3 Å². The van der Waals surface area contributed by atoms with Crippen molar-refractivity contribution in [2.24, 2.45) is 0 Å². The summed E-state index contributed by atoms with van der Waals surface area (Å²) >= 11 is 1.59. The van der Waals surface area contributed by atoms with Gasteiger partial charge in [-0.25, -0.2) is 4.39 Å². The Morgan fingerprint density at radius 1 is 1.17 bits per heavy atom. The zero-order valence-corrected chi connectivity index (χ0v) is 14.6. The molecule has 1 saturated heterocycles. The molecule has 3 nitrogen and oxygen atoms in total. The van der Waals surface area contributed by atoms with Crippen LogP contribution in [0.4, 0.5) is 4.39 Å². The standard InChI is InChI=1S/C19H18FNO2S/c1-18(2)22-11-19(3,23-18)13-4-6-21-16(9-13)15-10-14(20)8-12-5-7-24-17(12)15/h4-10H,11H2,1-3H3. The van der Waals surface area contributed by atoms with Crippen molar-refractivity contribution in [1.82, 2.24) is 4.98 Å². The minimum atomic E-state index is -0.613. The van der Waals surface area contributed by atoms with Crippen LogP contribution in [0.15, 0.2) is 41.9 Å². The first-order chi connectivity index (χ1) is 11.4. The molecular weight excluding hydrogens is 325 g/mol. The van der Waals surface area contributed by atoms with Gasteiger partial charge in [0.05, 0.1) is 12.3 Å². The molecule has 0 amide bonds. The van der Waals surface area contributed by atoms with E-state index in [-0.39, 0.29) is 5.82 Å². The monoisotopic (exact) mass is 343 g/mol. The molecule has 3 aromatic rings. The third-order valence-corrected chi connectivity index (χ3v) is 5.29. The van der Waals surface area contributed by atoms with Crippen molar-refractivity contribution in [3.63, 3.8) is 0 Å². The van der Waals surface area contributed by atoms with E-state index in [1.807, 2.05) is 44.4 Å². The topological polar surface area (TPSA) is 31.4 Å². The van der Waals surface area contributed by atoms with Crippen LogP contribution in [0.3, 0.4) is 0 Å². The van der Waals surface area contributed by atoms with Gasteiger partial charge in [0, 0.05) is 16.5 Å². The minimum absolute atomic E-state index is 0.254. The first-order valence-corrected chi connectivity index (χ1v) is 8.72. The molecular formula is C19H18FNO2S. The number of hydrogen-bond donors (Lipinski definition) is 0. The van der Waals surface area contributed by atoms with Crippen molar-refractivity contribution in [2.45, 2.75) is 32.2 Å². The van der Waals surface area contributed by atoms with Gasteiger partial charge in [-0.1, -0.05) is 0 Å². The van der Waals surface area contributed by atoms with Crippen LogP contribution in [0.5, 0.6) is 0 Å². The summed E-state index contributed by atoms with van der Waals surface area (Å²) in [7, 11) is 0. The lowest BCUT2D eigenvalue weighted by atomic mass is 9.96. The fraction of sp³-hybridized carbons (Fsp3) is 0.316. The van der Waals surface area contributed by atoms with Crippen LogP contribution in [0, 0.1) is 5.82 Å². The Balaban J connectivity index is 1.82. The van der Waals surface area contributed by atoms with Crippen molar-refractivity contribution in [1.29, 1.82) is 0 Å². The smallest absolute Gasteiger partial charge is 0.164 e. The Kier molecular flexibility index (Phi) is 3.49. The molecule has 0 N–H and O–H groups in total. The van der Waals surface area contributed by atoms with Crippen molar-refractivity contribution >= 4 is 21.4 Å². The molecule has 2 aromatic heterocycles. The first-order valence-electron chi connectivity index (χ1n) is 7.84. The van der Waals surface area contributed by atoms with Gasteiger partial charge in [-0.2, -0.15) is 0 Å². The van der Waals surface area contributed by atoms with E-state index in [9.17, 15) is 4.39 Å². The highest BCUT2D eigenvalue weighted by atomic mass is 32.1. The highest BCUT2D eigenvalue weighted by Gasteiger charge is 2.43. The fourth-order valence-electron chi connectivity index (χ4n) is 3.20. The maximum Gasteiger partial charge on any atom is 0.164 e. The van der Waals surface area contributed by atoms with E-state index in [0.29, 0.717) is 6.61 Å². The molecule has 1 atom stereocenters. The molecule has 1 aliphatic rings. The SMILES string of the molecule is CC1(C)OCC(C)(c2ccnc(-c3cc(F)cc4ccsc34)c2)O1. The molecule has 0 saturated carbocycles. The molecule has 1 aromatic carbocycles. The highest BCUT2D eigenvalue weighted by molar-refractivity contribution is 7.17. The molecule has 24 heavy (non-hydrogen) atoms. The molecule has 5 heteroatoms. The quantitative estimate of drug-likeness (QED) is 0.649. The van der Waals surface area contributed by atoms with E-state index in [0.717, 1.165) is 26.9 Å². The summed E-state index contributed by atoms with van der Waals surface area (Å²) in [5.41, 5.74) is 1.99. The number of nitrogens with zero attached hydrogens (tertiary/aromatic N) is 1. The molecule has 4 rings (SSSR count). The number of fused-ring (bicyclic) bond motifs is 1. The minimum Gasteiger partial charge on any atom is -0.347 e. The fourth-order valence-corrected chi connectivity index (χ4v) is 4.10. The van der Waals surface area contributed by atoms with Crippen LogP contribution in [-0.4, -0.2) is 17.4 Å². The molecule has 0 spiro atoms. The maximum atomic E-state index is 14.0. The second kappa shape index (κ2) is 5.34. The number of pyridine rings is 1. The van der Waals surface area contributed by atoms with Gasteiger partial charge >= 0.3 is 0 Å². The van der Waals surface area contributed by atoms with E-state index >= 15 is 0 Å². The number of benzene rings is 1. The van der Waals surface area contributed by atoms with Crippen LogP contribution in [0.25, 0.3) is 21.3 Å². The van der Waals surface area contributed by atoms with Crippen molar-refractivity contribution in [2.75, 3.05) is 6.61 Å². The highest BCUT2D eigenvalue weighted by Crippen LogP contribution is 2.40. The lowest BCUT2D eigenvalue weighted by molar-refractivity contribution is -0.159. The van der Waals surface area contributed by atoms with E-state index in [1.165, 1.54) is 0 Å². The Hall–Kier alpha value is -1.82. The van der Waals surface area contributed by atoms with E-state index in [2.05, 4.69) is 4.98 Å². The molecule has 1 aliphatic heterocycles. The summed E-state index contributed by atoms with van der Waals surface area (Å²) in [4.78, 5) is 4.46. The predicted octanol–water partition coefficient (Wildman–Crippen LogP) is 5.10. The van der Waals surface area contributed by atoms with Crippen LogP contribution >= 0.6 is 11.3 Å². The van der Waals surface area contributed by atoms with Gasteiger partial charge in [-0.3, -0.25) is 4.98 Å². The summed E-state index contributed by atoms with van der Waals surface area (Å²) < 4.78 is 26.8. The zero-order valence-electron chi connectivity index (χ0n) is 13.8. The summed E-state index contributed by atoms with van der Waals surface area (Å²) in [5.74, 6) is -0.867. The molecule has 0 bridgehead atoms. The Labute approximate surface area is 144 Å². The number of thiophene rings is 1. The van der Waals surface area contributed by atoms with Gasteiger partial charge in [-0.15, -0.1) is 11.3 Å². The maximum absolute atomic E-state index is 14.0. The van der Waals surface area contributed by atoms with E-state index in [1.54, 1.807) is 29.7 Å². The summed E-state index contributed by atoms with van der Waals surface area (Å²) in [6.07, 6.45) is 1.74. The van der Waals surface area contributed by atoms with Crippen LogP contribution in [0.1, 0.15) is 26.3 Å². The van der Waals surface area contributed by atoms with Gasteiger partial charge in [0.15, 0.2) is 5.79 Å². The molecule has 3 heterocycles. The molecule has 1 fully saturated rings. The van der Waals surface area contributed by atoms with Crippen LogP contribution in [0.2, 0.25) is 0 Å². The Morgan fingerprint density at radius 2 is 2.00 bits per heavy atom. The van der Waals surface area contributed by atoms with E-state index in [4.69, 9.17) is 9.47 Å². The summed E-state index contributed by atoms with van der Waals surface area (Å²) in [5, 5.41) is 2.87.